The minimum absolute atomic E-state index is 0.108. The second-order valence-corrected chi connectivity index (χ2v) is 10.8. The third-order valence-corrected chi connectivity index (χ3v) is 8.08. The molecule has 0 spiro atoms. The smallest absolute Gasteiger partial charge is 0.282 e. The Morgan fingerprint density at radius 1 is 1.39 bits per heavy atom. The fourth-order valence-electron chi connectivity index (χ4n) is 1.24. The summed E-state index contributed by atoms with van der Waals surface area (Å²) in [4.78, 5) is 0. The predicted octanol–water partition coefficient (Wildman–Crippen LogP) is 3.88. The van der Waals surface area contributed by atoms with Gasteiger partial charge in [-0.15, -0.1) is 0 Å². The molecule has 0 fully saturated rings. The number of nitrogens with zero attached hydrogens (tertiary/aromatic N) is 2. The van der Waals surface area contributed by atoms with Crippen LogP contribution in [0, 0.1) is 0 Å². The molecule has 0 saturated heterocycles. The molecule has 0 aliphatic heterocycles. The highest BCUT2D eigenvalue weighted by Gasteiger charge is 2.37. The van der Waals surface area contributed by atoms with Gasteiger partial charge in [-0.1, -0.05) is 20.8 Å². The lowest BCUT2D eigenvalue weighted by atomic mass is 10.2. The van der Waals surface area contributed by atoms with Gasteiger partial charge in [-0.3, -0.25) is 4.68 Å². The Bertz CT molecular complexity index is 411. The lowest BCUT2D eigenvalue weighted by molar-refractivity contribution is 0.145. The summed E-state index contributed by atoms with van der Waals surface area (Å²) < 4.78 is 32.5. The van der Waals surface area contributed by atoms with E-state index in [0.29, 0.717) is 12.3 Å². The molecule has 1 heterocycles. The van der Waals surface area contributed by atoms with Gasteiger partial charge in [-0.25, -0.2) is 8.78 Å². The van der Waals surface area contributed by atoms with E-state index in [-0.39, 0.29) is 10.7 Å². The summed E-state index contributed by atoms with van der Waals surface area (Å²) >= 11 is 0. The van der Waals surface area contributed by atoms with Gasteiger partial charge in [0.1, 0.15) is 5.69 Å². The summed E-state index contributed by atoms with van der Waals surface area (Å²) in [6.45, 7) is 11.1. The number of rotatable bonds is 4. The molecule has 3 nitrogen and oxygen atoms in total. The molecule has 0 unspecified atom stereocenters. The van der Waals surface area contributed by atoms with Crippen LogP contribution in [0.3, 0.4) is 0 Å². The first-order chi connectivity index (χ1) is 8.04. The lowest BCUT2D eigenvalue weighted by Crippen LogP contribution is -2.40. The van der Waals surface area contributed by atoms with E-state index in [4.69, 9.17) is 4.43 Å². The fraction of sp³-hybridized carbons (Fsp3) is 0.750. The van der Waals surface area contributed by atoms with Gasteiger partial charge in [0, 0.05) is 7.05 Å². The first kappa shape index (κ1) is 15.3. The van der Waals surface area contributed by atoms with Crippen molar-refractivity contribution in [2.75, 3.05) is 0 Å². The van der Waals surface area contributed by atoms with E-state index in [2.05, 4.69) is 39.0 Å². The molecule has 0 atom stereocenters. The van der Waals surface area contributed by atoms with E-state index in [1.807, 2.05) is 0 Å². The van der Waals surface area contributed by atoms with Gasteiger partial charge in [0.25, 0.3) is 6.43 Å². The molecule has 0 aliphatic carbocycles. The molecule has 104 valence electrons. The van der Waals surface area contributed by atoms with Crippen molar-refractivity contribution < 1.29 is 13.2 Å². The summed E-state index contributed by atoms with van der Waals surface area (Å²) in [6.07, 6.45) is -2.53. The Labute approximate surface area is 108 Å². The van der Waals surface area contributed by atoms with Crippen molar-refractivity contribution in [3.63, 3.8) is 0 Å². The second-order valence-electron chi connectivity index (χ2n) is 6.03. The number of aromatic nitrogens is 2. The average molecular weight is 276 g/mol. The van der Waals surface area contributed by atoms with E-state index < -0.39 is 14.7 Å². The second kappa shape index (κ2) is 5.09. The monoisotopic (exact) mass is 276 g/mol. The van der Waals surface area contributed by atoms with Crippen LogP contribution in [0.1, 0.15) is 38.6 Å². The summed E-state index contributed by atoms with van der Waals surface area (Å²) in [5.74, 6) is 0. The van der Waals surface area contributed by atoms with Crippen LogP contribution >= 0.6 is 0 Å². The Morgan fingerprint density at radius 3 is 2.33 bits per heavy atom. The van der Waals surface area contributed by atoms with Crippen LogP contribution in [-0.2, 0) is 18.1 Å². The van der Waals surface area contributed by atoms with Crippen LogP contribution in [0.5, 0.6) is 0 Å². The number of aryl methyl sites for hydroxylation is 1. The molecule has 0 radical (unpaired) electrons. The molecule has 0 amide bonds. The van der Waals surface area contributed by atoms with Gasteiger partial charge in [-0.2, -0.15) is 5.10 Å². The summed E-state index contributed by atoms with van der Waals surface area (Å²) in [7, 11) is -0.194. The van der Waals surface area contributed by atoms with Gasteiger partial charge < -0.3 is 4.43 Å². The average Bonchev–Trinajstić information content (AvgIpc) is 2.55. The van der Waals surface area contributed by atoms with Crippen LogP contribution in [0.15, 0.2) is 6.07 Å². The van der Waals surface area contributed by atoms with Crippen molar-refractivity contribution in [3.05, 3.63) is 17.5 Å². The fourth-order valence-corrected chi connectivity index (χ4v) is 2.18. The number of hydrogen-bond acceptors (Lipinski definition) is 2. The lowest BCUT2D eigenvalue weighted by Gasteiger charge is -2.36. The van der Waals surface area contributed by atoms with Gasteiger partial charge in [0.15, 0.2) is 8.32 Å². The Balaban J connectivity index is 2.75. The Morgan fingerprint density at radius 2 is 1.94 bits per heavy atom. The predicted molar refractivity (Wildman–Crippen MR) is 70.2 cm³/mol. The molecular weight excluding hydrogens is 254 g/mol. The standard InChI is InChI=1S/C12H22F2N2OSi/c1-12(2,3)18(5,6)17-8-9-7-10(11(13)14)15-16(9)4/h7,11H,8H2,1-6H3. The quantitative estimate of drug-likeness (QED) is 0.780. The minimum Gasteiger partial charge on any atom is -0.411 e. The van der Waals surface area contributed by atoms with Crippen molar-refractivity contribution in [1.29, 1.82) is 0 Å². The highest BCUT2D eigenvalue weighted by Crippen LogP contribution is 2.37. The molecule has 0 N–H and O–H groups in total. The SMILES string of the molecule is Cn1nc(C(F)F)cc1CO[Si](C)(C)C(C)(C)C. The summed E-state index contributed by atoms with van der Waals surface area (Å²) in [5, 5.41) is 3.88. The van der Waals surface area contributed by atoms with E-state index >= 15 is 0 Å². The zero-order valence-corrected chi connectivity index (χ0v) is 12.9. The molecule has 18 heavy (non-hydrogen) atoms. The normalized spacial score (nSPS) is 13.4. The number of halogens is 2. The van der Waals surface area contributed by atoms with Crippen LogP contribution in [0.25, 0.3) is 0 Å². The van der Waals surface area contributed by atoms with E-state index in [1.54, 1.807) is 7.05 Å². The minimum atomic E-state index is -2.53. The summed E-state index contributed by atoms with van der Waals surface area (Å²) in [5.41, 5.74) is 0.501. The van der Waals surface area contributed by atoms with Crippen LogP contribution in [0.4, 0.5) is 8.78 Å². The molecule has 1 aromatic rings. The molecule has 0 aliphatic rings. The molecule has 0 bridgehead atoms. The van der Waals surface area contributed by atoms with Crippen molar-refractivity contribution in [2.24, 2.45) is 7.05 Å². The maximum Gasteiger partial charge on any atom is 0.282 e. The third-order valence-electron chi connectivity index (χ3n) is 3.61. The van der Waals surface area contributed by atoms with Gasteiger partial charge in [-0.05, 0) is 24.2 Å². The maximum absolute atomic E-state index is 12.5. The van der Waals surface area contributed by atoms with Gasteiger partial charge in [0.2, 0.25) is 0 Å². The zero-order valence-electron chi connectivity index (χ0n) is 11.9. The zero-order chi connectivity index (χ0) is 14.1. The van der Waals surface area contributed by atoms with Crippen molar-refractivity contribution >= 4 is 8.32 Å². The maximum atomic E-state index is 12.5. The molecule has 0 saturated carbocycles. The summed E-state index contributed by atoms with van der Waals surface area (Å²) in [6, 6.07) is 1.41. The first-order valence-corrected chi connectivity index (χ1v) is 8.90. The van der Waals surface area contributed by atoms with Crippen molar-refractivity contribution in [3.8, 4) is 0 Å². The Hall–Kier alpha value is -0.753. The van der Waals surface area contributed by atoms with Crippen LogP contribution < -0.4 is 0 Å². The third kappa shape index (κ3) is 3.38. The first-order valence-electron chi connectivity index (χ1n) is 5.99. The molecular formula is C12H22F2N2OSi. The number of hydrogen-bond donors (Lipinski definition) is 0. The van der Waals surface area contributed by atoms with Gasteiger partial charge in [0.05, 0.1) is 12.3 Å². The van der Waals surface area contributed by atoms with Crippen molar-refractivity contribution in [2.45, 2.75) is 51.9 Å². The molecule has 1 rings (SSSR count). The van der Waals surface area contributed by atoms with E-state index in [0.717, 1.165) is 0 Å². The topological polar surface area (TPSA) is 27.1 Å². The highest BCUT2D eigenvalue weighted by atomic mass is 28.4. The number of alkyl halides is 2. The molecule has 0 aromatic carbocycles. The molecule has 1 aromatic heterocycles. The van der Waals surface area contributed by atoms with Gasteiger partial charge >= 0.3 is 0 Å². The van der Waals surface area contributed by atoms with E-state index in [1.165, 1.54) is 10.7 Å². The Kier molecular flexibility index (Phi) is 4.33. The highest BCUT2D eigenvalue weighted by molar-refractivity contribution is 6.74. The van der Waals surface area contributed by atoms with Crippen LogP contribution in [0.2, 0.25) is 18.1 Å². The molecule has 6 heteroatoms. The van der Waals surface area contributed by atoms with Crippen molar-refractivity contribution in [1.82, 2.24) is 9.78 Å². The van der Waals surface area contributed by atoms with Crippen LogP contribution in [-0.4, -0.2) is 18.1 Å². The largest absolute Gasteiger partial charge is 0.411 e. The van der Waals surface area contributed by atoms with E-state index in [9.17, 15) is 8.78 Å².